The summed E-state index contributed by atoms with van der Waals surface area (Å²) in [6, 6.07) is 0. The molecular formula is C16H28N2O2. The number of rotatable bonds is 5. The number of hydrogen-bond acceptors (Lipinski definition) is 4. The van der Waals surface area contributed by atoms with Crippen molar-refractivity contribution < 1.29 is 9.63 Å². The lowest BCUT2D eigenvalue weighted by molar-refractivity contribution is 0.166. The molecule has 0 spiro atoms. The summed E-state index contributed by atoms with van der Waals surface area (Å²) >= 11 is 0. The molecule has 4 heteroatoms. The van der Waals surface area contributed by atoms with E-state index in [1.807, 2.05) is 0 Å². The molecular weight excluding hydrogens is 252 g/mol. The SMILES string of the molecule is CC(C)(C)C1CCC(c2noc(CCCCO)n2)CC1. The maximum absolute atomic E-state index is 8.78. The van der Waals surface area contributed by atoms with Crippen LogP contribution in [0.3, 0.4) is 0 Å². The molecule has 2 rings (SSSR count). The lowest BCUT2D eigenvalue weighted by Crippen LogP contribution is -2.25. The maximum Gasteiger partial charge on any atom is 0.226 e. The fourth-order valence-electron chi connectivity index (χ4n) is 3.14. The van der Waals surface area contributed by atoms with Crippen LogP contribution in [-0.2, 0) is 6.42 Å². The second kappa shape index (κ2) is 6.70. The van der Waals surface area contributed by atoms with Gasteiger partial charge in [-0.25, -0.2) is 0 Å². The summed E-state index contributed by atoms with van der Waals surface area (Å²) in [5, 5.41) is 12.9. The van der Waals surface area contributed by atoms with E-state index in [0.29, 0.717) is 11.3 Å². The molecule has 1 aromatic heterocycles. The van der Waals surface area contributed by atoms with E-state index < -0.39 is 0 Å². The van der Waals surface area contributed by atoms with Crippen molar-refractivity contribution in [3.8, 4) is 0 Å². The maximum atomic E-state index is 8.78. The molecule has 1 N–H and O–H groups in total. The largest absolute Gasteiger partial charge is 0.396 e. The van der Waals surface area contributed by atoms with Crippen molar-refractivity contribution in [2.45, 2.75) is 71.6 Å². The molecule has 20 heavy (non-hydrogen) atoms. The Kier molecular flexibility index (Phi) is 5.19. The van der Waals surface area contributed by atoms with E-state index in [9.17, 15) is 0 Å². The first-order valence-electron chi connectivity index (χ1n) is 7.94. The van der Waals surface area contributed by atoms with E-state index >= 15 is 0 Å². The Morgan fingerprint density at radius 3 is 2.45 bits per heavy atom. The van der Waals surface area contributed by atoms with E-state index in [0.717, 1.165) is 36.9 Å². The lowest BCUT2D eigenvalue weighted by Gasteiger charge is -2.36. The molecule has 1 fully saturated rings. The Bertz CT molecular complexity index is 401. The zero-order chi connectivity index (χ0) is 14.6. The van der Waals surface area contributed by atoms with Gasteiger partial charge in [0.25, 0.3) is 0 Å². The Balaban J connectivity index is 1.84. The van der Waals surface area contributed by atoms with Gasteiger partial charge in [0.2, 0.25) is 5.89 Å². The molecule has 114 valence electrons. The Morgan fingerprint density at radius 2 is 1.85 bits per heavy atom. The van der Waals surface area contributed by atoms with Gasteiger partial charge in [-0.1, -0.05) is 25.9 Å². The van der Waals surface area contributed by atoms with E-state index in [1.54, 1.807) is 0 Å². The van der Waals surface area contributed by atoms with Gasteiger partial charge in [0.1, 0.15) is 0 Å². The van der Waals surface area contributed by atoms with Crippen molar-refractivity contribution in [2.75, 3.05) is 6.61 Å². The molecule has 1 aliphatic rings. The average molecular weight is 280 g/mol. The minimum absolute atomic E-state index is 0.234. The normalized spacial score (nSPS) is 24.0. The minimum atomic E-state index is 0.234. The van der Waals surface area contributed by atoms with Crippen molar-refractivity contribution in [1.82, 2.24) is 10.1 Å². The number of hydrogen-bond donors (Lipinski definition) is 1. The van der Waals surface area contributed by atoms with E-state index in [4.69, 9.17) is 9.63 Å². The van der Waals surface area contributed by atoms with E-state index in [1.165, 1.54) is 25.7 Å². The summed E-state index contributed by atoms with van der Waals surface area (Å²) in [5.74, 6) is 2.92. The predicted octanol–water partition coefficient (Wildman–Crippen LogP) is 3.70. The highest BCUT2D eigenvalue weighted by atomic mass is 16.5. The van der Waals surface area contributed by atoms with Crippen LogP contribution in [-0.4, -0.2) is 21.9 Å². The highest BCUT2D eigenvalue weighted by molar-refractivity contribution is 4.98. The molecule has 4 nitrogen and oxygen atoms in total. The van der Waals surface area contributed by atoms with Gasteiger partial charge in [0, 0.05) is 18.9 Å². The Hall–Kier alpha value is -0.900. The van der Waals surface area contributed by atoms with Gasteiger partial charge >= 0.3 is 0 Å². The molecule has 0 saturated heterocycles. The third kappa shape index (κ3) is 4.05. The lowest BCUT2D eigenvalue weighted by atomic mass is 9.70. The molecule has 1 aliphatic carbocycles. The zero-order valence-electron chi connectivity index (χ0n) is 13.1. The highest BCUT2D eigenvalue weighted by Gasteiger charge is 2.31. The van der Waals surface area contributed by atoms with Gasteiger partial charge in [-0.05, 0) is 49.9 Å². The third-order valence-electron chi connectivity index (χ3n) is 4.60. The third-order valence-corrected chi connectivity index (χ3v) is 4.60. The number of unbranched alkanes of at least 4 members (excludes halogenated alkanes) is 1. The van der Waals surface area contributed by atoms with E-state index in [2.05, 4.69) is 30.9 Å². The molecule has 0 bridgehead atoms. The van der Waals surface area contributed by atoms with Gasteiger partial charge in [0.15, 0.2) is 5.82 Å². The molecule has 1 saturated carbocycles. The fourth-order valence-corrected chi connectivity index (χ4v) is 3.14. The molecule has 0 atom stereocenters. The summed E-state index contributed by atoms with van der Waals surface area (Å²) in [4.78, 5) is 4.53. The minimum Gasteiger partial charge on any atom is -0.396 e. The van der Waals surface area contributed by atoms with Gasteiger partial charge in [-0.3, -0.25) is 0 Å². The van der Waals surface area contributed by atoms with Crippen LogP contribution in [0.4, 0.5) is 0 Å². The second-order valence-corrected chi connectivity index (χ2v) is 7.14. The summed E-state index contributed by atoms with van der Waals surface area (Å²) in [6.45, 7) is 7.25. The molecule has 1 heterocycles. The summed E-state index contributed by atoms with van der Waals surface area (Å²) in [7, 11) is 0. The number of aromatic nitrogens is 2. The molecule has 0 aliphatic heterocycles. The van der Waals surface area contributed by atoms with Gasteiger partial charge < -0.3 is 9.63 Å². The predicted molar refractivity (Wildman–Crippen MR) is 78.5 cm³/mol. The van der Waals surface area contributed by atoms with Crippen LogP contribution in [0, 0.1) is 11.3 Å². The quantitative estimate of drug-likeness (QED) is 0.835. The van der Waals surface area contributed by atoms with Crippen LogP contribution in [0.25, 0.3) is 0 Å². The van der Waals surface area contributed by atoms with Crippen LogP contribution in [0.2, 0.25) is 0 Å². The average Bonchev–Trinajstić information content (AvgIpc) is 2.87. The molecule has 0 unspecified atom stereocenters. The summed E-state index contributed by atoms with van der Waals surface area (Å²) in [5.41, 5.74) is 0.414. The zero-order valence-corrected chi connectivity index (χ0v) is 13.1. The van der Waals surface area contributed by atoms with Gasteiger partial charge in [-0.2, -0.15) is 4.98 Å². The topological polar surface area (TPSA) is 59.2 Å². The van der Waals surface area contributed by atoms with Crippen LogP contribution in [0.15, 0.2) is 4.52 Å². The number of aliphatic hydroxyl groups is 1. The van der Waals surface area contributed by atoms with Crippen molar-refractivity contribution in [2.24, 2.45) is 11.3 Å². The number of aryl methyl sites for hydroxylation is 1. The first-order chi connectivity index (χ1) is 9.50. The van der Waals surface area contributed by atoms with Crippen molar-refractivity contribution in [1.29, 1.82) is 0 Å². The standard InChI is InChI=1S/C16H28N2O2/c1-16(2,3)13-9-7-12(8-10-13)15-17-14(20-18-15)6-4-5-11-19/h12-13,19H,4-11H2,1-3H3. The number of aliphatic hydroxyl groups excluding tert-OH is 1. The van der Waals surface area contributed by atoms with Gasteiger partial charge in [0.05, 0.1) is 0 Å². The van der Waals surface area contributed by atoms with Gasteiger partial charge in [-0.15, -0.1) is 0 Å². The van der Waals surface area contributed by atoms with E-state index in [-0.39, 0.29) is 6.61 Å². The smallest absolute Gasteiger partial charge is 0.226 e. The molecule has 0 aromatic carbocycles. The monoisotopic (exact) mass is 280 g/mol. The summed E-state index contributed by atoms with van der Waals surface area (Å²) in [6.07, 6.45) is 7.38. The fraction of sp³-hybridized carbons (Fsp3) is 0.875. The van der Waals surface area contributed by atoms with Crippen molar-refractivity contribution >= 4 is 0 Å². The molecule has 1 aromatic rings. The molecule has 0 amide bonds. The van der Waals surface area contributed by atoms with Crippen molar-refractivity contribution in [3.05, 3.63) is 11.7 Å². The van der Waals surface area contributed by atoms with Crippen LogP contribution >= 0.6 is 0 Å². The second-order valence-electron chi connectivity index (χ2n) is 7.14. The first-order valence-corrected chi connectivity index (χ1v) is 7.94. The summed E-state index contributed by atoms with van der Waals surface area (Å²) < 4.78 is 5.32. The number of nitrogens with zero attached hydrogens (tertiary/aromatic N) is 2. The Labute approximate surface area is 122 Å². The Morgan fingerprint density at radius 1 is 1.15 bits per heavy atom. The first kappa shape index (κ1) is 15.5. The van der Waals surface area contributed by atoms with Crippen LogP contribution < -0.4 is 0 Å². The van der Waals surface area contributed by atoms with Crippen LogP contribution in [0.5, 0.6) is 0 Å². The van der Waals surface area contributed by atoms with Crippen molar-refractivity contribution in [3.63, 3.8) is 0 Å². The van der Waals surface area contributed by atoms with Crippen LogP contribution in [0.1, 0.15) is 76.9 Å². The highest BCUT2D eigenvalue weighted by Crippen LogP contribution is 2.42. The molecule has 0 radical (unpaired) electrons.